The van der Waals surface area contributed by atoms with Gasteiger partial charge in [-0.25, -0.2) is 0 Å². The van der Waals surface area contributed by atoms with Crippen LogP contribution in [0.2, 0.25) is 0 Å². The fraction of sp³-hybridized carbons (Fsp3) is 0.0870. The number of methoxy groups -OCH3 is 1. The van der Waals surface area contributed by atoms with Gasteiger partial charge in [-0.15, -0.1) is 0 Å². The Kier molecular flexibility index (Phi) is 5.17. The van der Waals surface area contributed by atoms with Crippen LogP contribution in [0.4, 0.5) is 0 Å². The molecular weight excluding hydrogens is 420 g/mol. The Morgan fingerprint density at radius 3 is 2.54 bits per heavy atom. The van der Waals surface area contributed by atoms with Crippen LogP contribution >= 0.6 is 15.9 Å². The van der Waals surface area contributed by atoms with Crippen molar-refractivity contribution in [2.75, 3.05) is 7.11 Å². The molecule has 0 radical (unpaired) electrons. The molecule has 0 amide bonds. The Morgan fingerprint density at radius 2 is 1.75 bits per heavy atom. The number of rotatable bonds is 5. The van der Waals surface area contributed by atoms with Crippen LogP contribution in [0.25, 0.3) is 22.1 Å². The lowest BCUT2D eigenvalue weighted by atomic mass is 10.0. The van der Waals surface area contributed by atoms with E-state index in [1.165, 1.54) is 6.26 Å². The normalized spacial score (nSPS) is 10.8. The van der Waals surface area contributed by atoms with Gasteiger partial charge >= 0.3 is 0 Å². The first-order valence-electron chi connectivity index (χ1n) is 8.72. The molecule has 0 N–H and O–H groups in total. The van der Waals surface area contributed by atoms with E-state index in [0.717, 1.165) is 10.0 Å². The summed E-state index contributed by atoms with van der Waals surface area (Å²) in [6, 6.07) is 20.6. The zero-order valence-electron chi connectivity index (χ0n) is 15.1. The lowest BCUT2D eigenvalue weighted by Gasteiger charge is -2.09. The molecule has 4 aromatic rings. The third kappa shape index (κ3) is 3.66. The molecule has 0 aliphatic heterocycles. The van der Waals surface area contributed by atoms with Crippen molar-refractivity contribution in [2.45, 2.75) is 6.61 Å². The molecule has 0 bridgehead atoms. The van der Waals surface area contributed by atoms with Crippen molar-refractivity contribution in [1.82, 2.24) is 0 Å². The SMILES string of the molecule is COc1ccccc1-c1coc2cc(OCc3ccc(Br)cc3)ccc2c1=O. The third-order valence-corrected chi connectivity index (χ3v) is 4.99. The second kappa shape index (κ2) is 7.90. The van der Waals surface area contributed by atoms with E-state index in [9.17, 15) is 4.79 Å². The van der Waals surface area contributed by atoms with Gasteiger partial charge in [0.05, 0.1) is 18.1 Å². The summed E-state index contributed by atoms with van der Waals surface area (Å²) < 4.78 is 18.0. The highest BCUT2D eigenvalue weighted by molar-refractivity contribution is 9.10. The summed E-state index contributed by atoms with van der Waals surface area (Å²) in [5, 5.41) is 0.499. The molecule has 5 heteroatoms. The van der Waals surface area contributed by atoms with E-state index in [1.807, 2.05) is 48.5 Å². The number of halogens is 1. The molecule has 1 heterocycles. The van der Waals surface area contributed by atoms with Crippen LogP contribution in [0.15, 0.2) is 86.7 Å². The fourth-order valence-electron chi connectivity index (χ4n) is 3.00. The van der Waals surface area contributed by atoms with Gasteiger partial charge in [0.15, 0.2) is 0 Å². The molecule has 0 unspecified atom stereocenters. The summed E-state index contributed by atoms with van der Waals surface area (Å²) in [4.78, 5) is 13.0. The number of benzene rings is 3. The minimum absolute atomic E-state index is 0.106. The molecule has 0 spiro atoms. The van der Waals surface area contributed by atoms with Gasteiger partial charge in [0.2, 0.25) is 5.43 Å². The molecule has 0 aliphatic carbocycles. The van der Waals surface area contributed by atoms with Gasteiger partial charge in [-0.1, -0.05) is 46.3 Å². The summed E-state index contributed by atoms with van der Waals surface area (Å²) in [7, 11) is 1.58. The molecule has 140 valence electrons. The number of hydrogen-bond acceptors (Lipinski definition) is 4. The Morgan fingerprint density at radius 1 is 0.964 bits per heavy atom. The smallest absolute Gasteiger partial charge is 0.200 e. The number of ether oxygens (including phenoxy) is 2. The standard InChI is InChI=1S/C23H17BrO4/c1-26-21-5-3-2-4-18(21)20-14-28-22-12-17(10-11-19(22)23(20)25)27-13-15-6-8-16(24)9-7-15/h2-12,14H,13H2,1H3. The van der Waals surface area contributed by atoms with Crippen LogP contribution in [-0.4, -0.2) is 7.11 Å². The minimum Gasteiger partial charge on any atom is -0.496 e. The molecule has 0 fully saturated rings. The first kappa shape index (κ1) is 18.3. The highest BCUT2D eigenvalue weighted by Gasteiger charge is 2.13. The molecule has 28 heavy (non-hydrogen) atoms. The van der Waals surface area contributed by atoms with Crippen molar-refractivity contribution in [3.05, 3.63) is 93.3 Å². The highest BCUT2D eigenvalue weighted by Crippen LogP contribution is 2.29. The van der Waals surface area contributed by atoms with E-state index in [0.29, 0.717) is 40.2 Å². The van der Waals surface area contributed by atoms with E-state index in [4.69, 9.17) is 13.9 Å². The largest absolute Gasteiger partial charge is 0.496 e. The van der Waals surface area contributed by atoms with Gasteiger partial charge in [-0.3, -0.25) is 4.79 Å². The molecular formula is C23H17BrO4. The first-order chi connectivity index (χ1) is 13.7. The zero-order chi connectivity index (χ0) is 19.5. The van der Waals surface area contributed by atoms with E-state index in [2.05, 4.69) is 15.9 Å². The topological polar surface area (TPSA) is 48.7 Å². The maximum Gasteiger partial charge on any atom is 0.200 e. The molecule has 0 atom stereocenters. The van der Waals surface area contributed by atoms with Crippen molar-refractivity contribution in [3.63, 3.8) is 0 Å². The van der Waals surface area contributed by atoms with Crippen LogP contribution in [-0.2, 0) is 6.61 Å². The predicted octanol–water partition coefficient (Wildman–Crippen LogP) is 5.81. The van der Waals surface area contributed by atoms with Crippen molar-refractivity contribution < 1.29 is 13.9 Å². The van der Waals surface area contributed by atoms with Gasteiger partial charge < -0.3 is 13.9 Å². The van der Waals surface area contributed by atoms with Gasteiger partial charge in [-0.05, 0) is 35.9 Å². The van der Waals surface area contributed by atoms with E-state index in [1.54, 1.807) is 25.3 Å². The van der Waals surface area contributed by atoms with Crippen LogP contribution in [0.1, 0.15) is 5.56 Å². The fourth-order valence-corrected chi connectivity index (χ4v) is 3.26. The number of fused-ring (bicyclic) bond motifs is 1. The van der Waals surface area contributed by atoms with E-state index in [-0.39, 0.29) is 5.43 Å². The molecule has 0 aliphatic rings. The van der Waals surface area contributed by atoms with Gasteiger partial charge in [-0.2, -0.15) is 0 Å². The van der Waals surface area contributed by atoms with Crippen LogP contribution < -0.4 is 14.9 Å². The van der Waals surface area contributed by atoms with Gasteiger partial charge in [0.25, 0.3) is 0 Å². The Labute approximate surface area is 170 Å². The third-order valence-electron chi connectivity index (χ3n) is 4.46. The average molecular weight is 437 g/mol. The van der Waals surface area contributed by atoms with Crippen molar-refractivity contribution in [2.24, 2.45) is 0 Å². The average Bonchev–Trinajstić information content (AvgIpc) is 2.73. The molecule has 4 rings (SSSR count). The maximum absolute atomic E-state index is 13.0. The van der Waals surface area contributed by atoms with E-state index < -0.39 is 0 Å². The molecule has 4 nitrogen and oxygen atoms in total. The van der Waals surface area contributed by atoms with Crippen molar-refractivity contribution in [1.29, 1.82) is 0 Å². The molecule has 3 aromatic carbocycles. The quantitative estimate of drug-likeness (QED) is 0.396. The summed E-state index contributed by atoms with van der Waals surface area (Å²) in [5.41, 5.74) is 2.60. The maximum atomic E-state index is 13.0. The van der Waals surface area contributed by atoms with Gasteiger partial charge in [0, 0.05) is 16.1 Å². The van der Waals surface area contributed by atoms with Crippen molar-refractivity contribution >= 4 is 26.9 Å². The summed E-state index contributed by atoms with van der Waals surface area (Å²) in [6.07, 6.45) is 1.47. The second-order valence-corrected chi connectivity index (χ2v) is 7.17. The number of para-hydroxylation sites is 1. The monoisotopic (exact) mass is 436 g/mol. The Balaban J connectivity index is 1.64. The van der Waals surface area contributed by atoms with Crippen LogP contribution in [0.5, 0.6) is 11.5 Å². The predicted molar refractivity (Wildman–Crippen MR) is 113 cm³/mol. The molecule has 1 aromatic heterocycles. The summed E-state index contributed by atoms with van der Waals surface area (Å²) in [5.74, 6) is 1.27. The van der Waals surface area contributed by atoms with Crippen molar-refractivity contribution in [3.8, 4) is 22.6 Å². The first-order valence-corrected chi connectivity index (χ1v) is 9.51. The van der Waals surface area contributed by atoms with Gasteiger partial charge in [0.1, 0.15) is 30.0 Å². The van der Waals surface area contributed by atoms with Crippen LogP contribution in [0.3, 0.4) is 0 Å². The number of hydrogen-bond donors (Lipinski definition) is 0. The highest BCUT2D eigenvalue weighted by atomic mass is 79.9. The van der Waals surface area contributed by atoms with E-state index >= 15 is 0 Å². The molecule has 0 saturated heterocycles. The lowest BCUT2D eigenvalue weighted by Crippen LogP contribution is -2.06. The zero-order valence-corrected chi connectivity index (χ0v) is 16.7. The summed E-state index contributed by atoms with van der Waals surface area (Å²) in [6.45, 7) is 0.433. The Bertz CT molecular complexity index is 1180. The molecule has 0 saturated carbocycles. The second-order valence-electron chi connectivity index (χ2n) is 6.25. The minimum atomic E-state index is -0.106. The van der Waals surface area contributed by atoms with Crippen LogP contribution in [0, 0.1) is 0 Å². The lowest BCUT2D eigenvalue weighted by molar-refractivity contribution is 0.306. The Hall–Kier alpha value is -3.05. The summed E-state index contributed by atoms with van der Waals surface area (Å²) >= 11 is 3.42.